The fourth-order valence-corrected chi connectivity index (χ4v) is 1.94. The van der Waals surface area contributed by atoms with Crippen LogP contribution in [0.5, 0.6) is 0 Å². The monoisotopic (exact) mass is 205 g/mol. The summed E-state index contributed by atoms with van der Waals surface area (Å²) >= 11 is 0. The van der Waals surface area contributed by atoms with Crippen LogP contribution in [-0.4, -0.2) is 0 Å². The van der Waals surface area contributed by atoms with Crippen LogP contribution < -0.4 is 5.73 Å². The topological polar surface area (TPSA) is 26.0 Å². The summed E-state index contributed by atoms with van der Waals surface area (Å²) in [6, 6.07) is 8.92. The molecule has 2 atom stereocenters. The van der Waals surface area contributed by atoms with Crippen LogP contribution in [0.3, 0.4) is 0 Å². The van der Waals surface area contributed by atoms with Crippen molar-refractivity contribution in [2.24, 2.45) is 11.7 Å². The second-order valence-electron chi connectivity index (χ2n) is 4.39. The second-order valence-corrected chi connectivity index (χ2v) is 4.39. The molecule has 0 radical (unpaired) electrons. The van der Waals surface area contributed by atoms with Crippen LogP contribution in [0.4, 0.5) is 0 Å². The first-order chi connectivity index (χ1) is 7.19. The van der Waals surface area contributed by atoms with E-state index in [1.807, 2.05) is 0 Å². The van der Waals surface area contributed by atoms with Crippen LogP contribution in [0.15, 0.2) is 24.3 Å². The van der Waals surface area contributed by atoms with Gasteiger partial charge in [-0.15, -0.1) is 0 Å². The van der Waals surface area contributed by atoms with Crippen molar-refractivity contribution in [1.82, 2.24) is 0 Å². The lowest BCUT2D eigenvalue weighted by atomic mass is 9.91. The number of rotatable bonds is 5. The zero-order valence-electron chi connectivity index (χ0n) is 10.2. The number of benzene rings is 1. The molecule has 0 aliphatic carbocycles. The van der Waals surface area contributed by atoms with Gasteiger partial charge >= 0.3 is 0 Å². The Kier molecular flexibility index (Phi) is 4.83. The zero-order valence-corrected chi connectivity index (χ0v) is 10.2. The van der Waals surface area contributed by atoms with E-state index in [1.54, 1.807) is 0 Å². The van der Waals surface area contributed by atoms with Crippen molar-refractivity contribution in [2.75, 3.05) is 0 Å². The highest BCUT2D eigenvalue weighted by atomic mass is 14.6. The van der Waals surface area contributed by atoms with Crippen molar-refractivity contribution in [2.45, 2.75) is 46.1 Å². The van der Waals surface area contributed by atoms with E-state index in [1.165, 1.54) is 24.0 Å². The lowest BCUT2D eigenvalue weighted by Gasteiger charge is -2.19. The second kappa shape index (κ2) is 5.92. The first-order valence-corrected chi connectivity index (χ1v) is 6.03. The molecule has 0 aliphatic heterocycles. The lowest BCUT2D eigenvalue weighted by Crippen LogP contribution is -2.18. The molecule has 0 saturated carbocycles. The van der Waals surface area contributed by atoms with Gasteiger partial charge in [-0.1, -0.05) is 51.5 Å². The normalized spacial score (nSPS) is 14.9. The molecular weight excluding hydrogens is 182 g/mol. The molecule has 0 heterocycles. The van der Waals surface area contributed by atoms with Crippen LogP contribution >= 0.6 is 0 Å². The van der Waals surface area contributed by atoms with Crippen molar-refractivity contribution in [3.63, 3.8) is 0 Å². The van der Waals surface area contributed by atoms with E-state index < -0.39 is 0 Å². The smallest absolute Gasteiger partial charge is 0.0320 e. The van der Waals surface area contributed by atoms with Crippen LogP contribution in [0.1, 0.15) is 50.8 Å². The summed E-state index contributed by atoms with van der Waals surface area (Å²) in [5.74, 6) is 0.572. The molecule has 1 heteroatoms. The van der Waals surface area contributed by atoms with E-state index in [2.05, 4.69) is 45.0 Å². The number of nitrogens with two attached hydrogens (primary N) is 1. The molecule has 1 rings (SSSR count). The lowest BCUT2D eigenvalue weighted by molar-refractivity contribution is 0.433. The molecule has 0 aromatic heterocycles. The maximum absolute atomic E-state index is 6.22. The highest BCUT2D eigenvalue weighted by Gasteiger charge is 2.13. The fraction of sp³-hybridized carbons (Fsp3) is 0.571. The Balaban J connectivity index is 2.69. The number of aryl methyl sites for hydroxylation is 1. The minimum absolute atomic E-state index is 0.191. The van der Waals surface area contributed by atoms with Gasteiger partial charge in [0.15, 0.2) is 0 Å². The molecule has 0 spiro atoms. The van der Waals surface area contributed by atoms with E-state index >= 15 is 0 Å². The molecule has 0 fully saturated rings. The van der Waals surface area contributed by atoms with Gasteiger partial charge in [-0.25, -0.2) is 0 Å². The van der Waals surface area contributed by atoms with Crippen LogP contribution in [0, 0.1) is 5.92 Å². The highest BCUT2D eigenvalue weighted by Crippen LogP contribution is 2.23. The third-order valence-electron chi connectivity index (χ3n) is 3.13. The molecule has 0 saturated heterocycles. The van der Waals surface area contributed by atoms with Crippen molar-refractivity contribution in [1.29, 1.82) is 0 Å². The molecule has 1 aromatic rings. The Bertz CT molecular complexity index is 276. The summed E-state index contributed by atoms with van der Waals surface area (Å²) in [4.78, 5) is 0. The molecule has 2 unspecified atom stereocenters. The van der Waals surface area contributed by atoms with Gasteiger partial charge in [0, 0.05) is 6.04 Å². The van der Waals surface area contributed by atoms with E-state index in [4.69, 9.17) is 5.73 Å². The molecule has 84 valence electrons. The third-order valence-corrected chi connectivity index (χ3v) is 3.13. The van der Waals surface area contributed by atoms with Gasteiger partial charge in [-0.2, -0.15) is 0 Å². The van der Waals surface area contributed by atoms with Crippen molar-refractivity contribution in [3.05, 3.63) is 35.4 Å². The van der Waals surface area contributed by atoms with Crippen molar-refractivity contribution in [3.8, 4) is 0 Å². The summed E-state index contributed by atoms with van der Waals surface area (Å²) < 4.78 is 0. The molecule has 0 aliphatic rings. The Morgan fingerprint density at radius 3 is 2.20 bits per heavy atom. The molecule has 0 bridgehead atoms. The molecule has 1 nitrogen and oxygen atoms in total. The summed E-state index contributed by atoms with van der Waals surface area (Å²) in [6.07, 6.45) is 3.51. The number of hydrogen-bond donors (Lipinski definition) is 1. The molecule has 0 amide bonds. The Hall–Kier alpha value is -0.820. The van der Waals surface area contributed by atoms with Crippen molar-refractivity contribution >= 4 is 0 Å². The van der Waals surface area contributed by atoms with Gasteiger partial charge in [0.05, 0.1) is 0 Å². The van der Waals surface area contributed by atoms with E-state index in [9.17, 15) is 0 Å². The first kappa shape index (κ1) is 12.3. The summed E-state index contributed by atoms with van der Waals surface area (Å²) in [7, 11) is 0. The first-order valence-electron chi connectivity index (χ1n) is 6.03. The molecule has 1 aromatic carbocycles. The van der Waals surface area contributed by atoms with E-state index in [0.717, 1.165) is 6.42 Å². The van der Waals surface area contributed by atoms with Gasteiger partial charge in [-0.05, 0) is 29.9 Å². The SMILES string of the molecule is CCCC(C)C(N)c1ccc(CC)cc1. The minimum Gasteiger partial charge on any atom is -0.324 e. The third kappa shape index (κ3) is 3.35. The van der Waals surface area contributed by atoms with Gasteiger partial charge in [0.25, 0.3) is 0 Å². The van der Waals surface area contributed by atoms with Crippen LogP contribution in [0.25, 0.3) is 0 Å². The van der Waals surface area contributed by atoms with Crippen LogP contribution in [-0.2, 0) is 6.42 Å². The van der Waals surface area contributed by atoms with Gasteiger partial charge in [-0.3, -0.25) is 0 Å². The number of hydrogen-bond acceptors (Lipinski definition) is 1. The Labute approximate surface area is 93.7 Å². The highest BCUT2D eigenvalue weighted by molar-refractivity contribution is 5.25. The van der Waals surface area contributed by atoms with Gasteiger partial charge in [0.2, 0.25) is 0 Å². The average molecular weight is 205 g/mol. The van der Waals surface area contributed by atoms with E-state index in [-0.39, 0.29) is 6.04 Å². The Morgan fingerprint density at radius 1 is 1.13 bits per heavy atom. The van der Waals surface area contributed by atoms with E-state index in [0.29, 0.717) is 5.92 Å². The van der Waals surface area contributed by atoms with Gasteiger partial charge < -0.3 is 5.73 Å². The summed E-state index contributed by atoms with van der Waals surface area (Å²) in [5.41, 5.74) is 8.87. The maximum atomic E-state index is 6.22. The molecule has 2 N–H and O–H groups in total. The fourth-order valence-electron chi connectivity index (χ4n) is 1.94. The summed E-state index contributed by atoms with van der Waals surface area (Å²) in [6.45, 7) is 6.62. The standard InChI is InChI=1S/C14H23N/c1-4-6-11(3)14(15)13-9-7-12(5-2)8-10-13/h7-11,14H,4-6,15H2,1-3H3. The predicted octanol–water partition coefficient (Wildman–Crippen LogP) is 3.69. The Morgan fingerprint density at radius 2 is 1.73 bits per heavy atom. The average Bonchev–Trinajstić information content (AvgIpc) is 2.28. The largest absolute Gasteiger partial charge is 0.324 e. The quantitative estimate of drug-likeness (QED) is 0.779. The maximum Gasteiger partial charge on any atom is 0.0320 e. The summed E-state index contributed by atoms with van der Waals surface area (Å²) in [5, 5.41) is 0. The predicted molar refractivity (Wildman–Crippen MR) is 66.8 cm³/mol. The molecule has 15 heavy (non-hydrogen) atoms. The zero-order chi connectivity index (χ0) is 11.3. The minimum atomic E-state index is 0.191. The van der Waals surface area contributed by atoms with Crippen molar-refractivity contribution < 1.29 is 0 Å². The molecular formula is C14H23N. The van der Waals surface area contributed by atoms with Gasteiger partial charge in [0.1, 0.15) is 0 Å². The van der Waals surface area contributed by atoms with Crippen LogP contribution in [0.2, 0.25) is 0 Å².